The van der Waals surface area contributed by atoms with Gasteiger partial charge in [-0.25, -0.2) is 4.79 Å². The molecule has 0 saturated heterocycles. The number of allylic oxidation sites excluding steroid dienone is 1. The van der Waals surface area contributed by atoms with Crippen molar-refractivity contribution in [3.63, 3.8) is 0 Å². The van der Waals surface area contributed by atoms with Gasteiger partial charge in [0.05, 0.1) is 21.9 Å². The molecule has 1 aromatic rings. The molecule has 1 aromatic carbocycles. The van der Waals surface area contributed by atoms with Gasteiger partial charge in [-0.3, -0.25) is 4.79 Å². The van der Waals surface area contributed by atoms with Crippen molar-refractivity contribution in [1.82, 2.24) is 4.90 Å². The minimum Gasteiger partial charge on any atom is -0.477 e. The lowest BCUT2D eigenvalue weighted by atomic mass is 9.97. The van der Waals surface area contributed by atoms with Gasteiger partial charge in [0.25, 0.3) is 5.91 Å². The van der Waals surface area contributed by atoms with Crippen molar-refractivity contribution in [2.75, 3.05) is 6.54 Å². The highest BCUT2D eigenvalue weighted by molar-refractivity contribution is 8.05. The molecule has 0 radical (unpaired) electrons. The maximum absolute atomic E-state index is 13.5. The van der Waals surface area contributed by atoms with Crippen LogP contribution in [0.15, 0.2) is 28.8 Å². The number of aliphatic hydroxyl groups is 1. The van der Waals surface area contributed by atoms with E-state index in [2.05, 4.69) is 11.8 Å². The van der Waals surface area contributed by atoms with Gasteiger partial charge in [0.1, 0.15) is 4.91 Å². The Morgan fingerprint density at radius 2 is 2.00 bits per heavy atom. The van der Waals surface area contributed by atoms with Gasteiger partial charge in [-0.15, -0.1) is 0 Å². The summed E-state index contributed by atoms with van der Waals surface area (Å²) in [6.07, 6.45) is 1.56. The highest BCUT2D eigenvalue weighted by atomic mass is 35.5. The number of halogens is 1. The van der Waals surface area contributed by atoms with Crippen molar-refractivity contribution in [2.45, 2.75) is 71.7 Å². The lowest BCUT2D eigenvalue weighted by Crippen LogP contribution is -2.34. The summed E-state index contributed by atoms with van der Waals surface area (Å²) < 4.78 is 0. The molecule has 7 heteroatoms. The predicted molar refractivity (Wildman–Crippen MR) is 131 cm³/mol. The van der Waals surface area contributed by atoms with Crippen molar-refractivity contribution >= 4 is 35.2 Å². The van der Waals surface area contributed by atoms with Gasteiger partial charge < -0.3 is 15.1 Å². The minimum atomic E-state index is -1.08. The van der Waals surface area contributed by atoms with Crippen molar-refractivity contribution in [3.05, 3.63) is 45.0 Å². The summed E-state index contributed by atoms with van der Waals surface area (Å²) in [7, 11) is 0. The van der Waals surface area contributed by atoms with E-state index in [1.165, 1.54) is 16.7 Å². The van der Waals surface area contributed by atoms with E-state index in [0.29, 0.717) is 35.5 Å². The van der Waals surface area contributed by atoms with Crippen LogP contribution < -0.4 is 0 Å². The number of benzene rings is 1. The van der Waals surface area contributed by atoms with E-state index >= 15 is 0 Å². The number of hydrogen-bond acceptors (Lipinski definition) is 4. The number of hydrogen-bond donors (Lipinski definition) is 2. The lowest BCUT2D eigenvalue weighted by molar-refractivity contribution is -0.131. The third kappa shape index (κ3) is 7.30. The Kier molecular flexibility index (Phi) is 9.27. The topological polar surface area (TPSA) is 77.8 Å². The zero-order valence-electron chi connectivity index (χ0n) is 19.4. The Hall–Kier alpha value is -1.94. The molecule has 0 saturated carbocycles. The zero-order valence-corrected chi connectivity index (χ0v) is 20.9. The molecule has 0 fully saturated rings. The SMILES string of the molecule is CCCC(O)CCN(C(=O)c1ccc(C)cc1Cl)C1=C(C(=O)O)SC(C#CC(C)(C)C)C1. The van der Waals surface area contributed by atoms with Crippen molar-refractivity contribution < 1.29 is 19.8 Å². The Balaban J connectivity index is 2.43. The highest BCUT2D eigenvalue weighted by Gasteiger charge is 2.35. The molecular formula is C25H32ClNO4S. The van der Waals surface area contributed by atoms with Crippen LogP contribution >= 0.6 is 23.4 Å². The number of thioether (sulfide) groups is 1. The third-order valence-electron chi connectivity index (χ3n) is 4.94. The first-order valence-electron chi connectivity index (χ1n) is 10.8. The fourth-order valence-electron chi connectivity index (χ4n) is 3.36. The highest BCUT2D eigenvalue weighted by Crippen LogP contribution is 2.40. The number of aliphatic hydroxyl groups excluding tert-OH is 1. The molecular weight excluding hydrogens is 446 g/mol. The number of carboxylic acids is 1. The van der Waals surface area contributed by atoms with Gasteiger partial charge in [0, 0.05) is 24.1 Å². The quantitative estimate of drug-likeness (QED) is 0.484. The number of amides is 1. The fourth-order valence-corrected chi connectivity index (χ4v) is 4.75. The van der Waals surface area contributed by atoms with Crippen LogP contribution in [-0.2, 0) is 4.79 Å². The maximum atomic E-state index is 13.5. The molecule has 1 aliphatic heterocycles. The van der Waals surface area contributed by atoms with Crippen LogP contribution in [0.2, 0.25) is 5.02 Å². The van der Waals surface area contributed by atoms with Crippen molar-refractivity contribution in [2.24, 2.45) is 5.41 Å². The number of carbonyl (C=O) groups excluding carboxylic acids is 1. The molecule has 2 rings (SSSR count). The molecule has 1 heterocycles. The number of carbonyl (C=O) groups is 2. The van der Waals surface area contributed by atoms with Gasteiger partial charge in [-0.2, -0.15) is 0 Å². The third-order valence-corrected chi connectivity index (χ3v) is 6.46. The van der Waals surface area contributed by atoms with E-state index in [0.717, 1.165) is 12.0 Å². The summed E-state index contributed by atoms with van der Waals surface area (Å²) in [6.45, 7) is 10.1. The first-order valence-corrected chi connectivity index (χ1v) is 12.1. The second-order valence-corrected chi connectivity index (χ2v) is 10.7. The monoisotopic (exact) mass is 477 g/mol. The summed E-state index contributed by atoms with van der Waals surface area (Å²) in [6, 6.07) is 5.18. The summed E-state index contributed by atoms with van der Waals surface area (Å²) in [5.74, 6) is 4.90. The van der Waals surface area contributed by atoms with Crippen LogP contribution in [0, 0.1) is 24.2 Å². The fraction of sp³-hybridized carbons (Fsp3) is 0.520. The Morgan fingerprint density at radius 3 is 2.56 bits per heavy atom. The molecule has 1 aliphatic rings. The molecule has 0 aliphatic carbocycles. The van der Waals surface area contributed by atoms with E-state index in [9.17, 15) is 19.8 Å². The van der Waals surface area contributed by atoms with E-state index in [1.54, 1.807) is 18.2 Å². The first-order chi connectivity index (χ1) is 14.9. The molecule has 2 atom stereocenters. The average Bonchev–Trinajstić information content (AvgIpc) is 3.10. The van der Waals surface area contributed by atoms with Crippen LogP contribution in [0.4, 0.5) is 0 Å². The molecule has 0 spiro atoms. The van der Waals surface area contributed by atoms with Crippen LogP contribution in [0.3, 0.4) is 0 Å². The van der Waals surface area contributed by atoms with E-state index in [4.69, 9.17) is 11.6 Å². The van der Waals surface area contributed by atoms with Gasteiger partial charge >= 0.3 is 5.97 Å². The molecule has 2 unspecified atom stereocenters. The van der Waals surface area contributed by atoms with Crippen molar-refractivity contribution in [1.29, 1.82) is 0 Å². The summed E-state index contributed by atoms with van der Waals surface area (Å²) >= 11 is 7.54. The lowest BCUT2D eigenvalue weighted by Gasteiger charge is -2.26. The number of nitrogens with zero attached hydrogens (tertiary/aromatic N) is 1. The maximum Gasteiger partial charge on any atom is 0.344 e. The van der Waals surface area contributed by atoms with E-state index < -0.39 is 12.1 Å². The number of aryl methyl sites for hydroxylation is 1. The van der Waals surface area contributed by atoms with Crippen molar-refractivity contribution in [3.8, 4) is 11.8 Å². The number of rotatable bonds is 8. The van der Waals surface area contributed by atoms with Crippen LogP contribution in [0.5, 0.6) is 0 Å². The normalized spacial score (nSPS) is 17.0. The molecule has 174 valence electrons. The molecule has 5 nitrogen and oxygen atoms in total. The smallest absolute Gasteiger partial charge is 0.344 e. The van der Waals surface area contributed by atoms with E-state index in [-0.39, 0.29) is 28.0 Å². The van der Waals surface area contributed by atoms with Gasteiger partial charge in [-0.1, -0.05) is 54.6 Å². The van der Waals surface area contributed by atoms with Gasteiger partial charge in [-0.05, 0) is 58.2 Å². The van der Waals surface area contributed by atoms with E-state index in [1.807, 2.05) is 34.6 Å². The predicted octanol–water partition coefficient (Wildman–Crippen LogP) is 5.49. The van der Waals surface area contributed by atoms with Gasteiger partial charge in [0.15, 0.2) is 0 Å². The molecule has 0 aromatic heterocycles. The number of aliphatic carboxylic acids is 1. The first kappa shape index (κ1) is 26.3. The average molecular weight is 478 g/mol. The van der Waals surface area contributed by atoms with Gasteiger partial charge in [0.2, 0.25) is 0 Å². The largest absolute Gasteiger partial charge is 0.477 e. The standard InChI is InChI=1S/C25H32ClNO4S/c1-6-7-17(28)11-13-27(23(29)19-9-8-16(2)14-20(19)26)21-15-18(10-12-25(3,4)5)32-22(21)24(30)31/h8-9,14,17-18,28H,6-7,11,13,15H2,1-5H3,(H,30,31). The molecule has 1 amide bonds. The Morgan fingerprint density at radius 1 is 1.31 bits per heavy atom. The zero-order chi connectivity index (χ0) is 24.1. The molecule has 2 N–H and O–H groups in total. The number of carboxylic acid groups (broad SMARTS) is 1. The second-order valence-electron chi connectivity index (χ2n) is 9.08. The van der Waals surface area contributed by atoms with Crippen LogP contribution in [0.25, 0.3) is 0 Å². The molecule has 32 heavy (non-hydrogen) atoms. The summed E-state index contributed by atoms with van der Waals surface area (Å²) in [5, 5.41) is 20.2. The summed E-state index contributed by atoms with van der Waals surface area (Å²) in [4.78, 5) is 27.1. The molecule has 0 bridgehead atoms. The second kappa shape index (κ2) is 11.3. The Bertz CT molecular complexity index is 955. The van der Waals surface area contributed by atoms with Crippen LogP contribution in [-0.4, -0.2) is 44.9 Å². The van der Waals surface area contributed by atoms with Crippen LogP contribution in [0.1, 0.15) is 69.3 Å². The Labute approximate surface area is 200 Å². The summed E-state index contributed by atoms with van der Waals surface area (Å²) in [5.41, 5.74) is 1.47. The minimum absolute atomic E-state index is 0.125.